The average molecular weight is 457 g/mol. The Bertz CT molecular complexity index is 1040. The number of hydrogen-bond acceptors (Lipinski definition) is 8. The predicted octanol–water partition coefficient (Wildman–Crippen LogP) is 1.64. The summed E-state index contributed by atoms with van der Waals surface area (Å²) in [5.41, 5.74) is -1.41. The fourth-order valence-electron chi connectivity index (χ4n) is 7.68. The topological polar surface area (TPSA) is 88.5 Å². The summed E-state index contributed by atoms with van der Waals surface area (Å²) in [4.78, 5) is 30.2. The van der Waals surface area contributed by atoms with Crippen LogP contribution >= 0.6 is 0 Å². The van der Waals surface area contributed by atoms with Crippen molar-refractivity contribution in [2.45, 2.75) is 55.9 Å². The van der Waals surface area contributed by atoms with Crippen LogP contribution in [-0.2, 0) is 24.5 Å². The number of likely N-dealkylation sites (N-methyl/N-ethyl adjacent to an activating group) is 1. The third kappa shape index (κ3) is 2.48. The van der Waals surface area contributed by atoms with E-state index in [1.165, 1.54) is 14.0 Å². The van der Waals surface area contributed by atoms with Crippen LogP contribution in [0.25, 0.3) is 0 Å². The fraction of sp³-hybridized carbons (Fsp3) is 0.600. The molecule has 1 saturated heterocycles. The highest BCUT2D eigenvalue weighted by atomic mass is 16.6. The van der Waals surface area contributed by atoms with Crippen molar-refractivity contribution in [3.63, 3.8) is 0 Å². The van der Waals surface area contributed by atoms with Crippen LogP contribution in [0, 0.1) is 5.41 Å². The van der Waals surface area contributed by atoms with E-state index in [-0.39, 0.29) is 6.04 Å². The molecule has 3 aliphatic heterocycles. The number of anilines is 1. The van der Waals surface area contributed by atoms with Crippen LogP contribution in [0.2, 0.25) is 0 Å². The molecule has 8 nitrogen and oxygen atoms in total. The molecule has 1 N–H and O–H groups in total. The summed E-state index contributed by atoms with van der Waals surface area (Å²) in [7, 11) is 4.77. The van der Waals surface area contributed by atoms with Gasteiger partial charge in [-0.05, 0) is 31.0 Å². The minimum Gasteiger partial charge on any atom is -0.497 e. The number of fused-ring (bicyclic) bond motifs is 1. The fourth-order valence-corrected chi connectivity index (χ4v) is 7.68. The molecule has 1 aromatic rings. The van der Waals surface area contributed by atoms with Gasteiger partial charge in [-0.3, -0.25) is 9.69 Å². The molecule has 33 heavy (non-hydrogen) atoms. The quantitative estimate of drug-likeness (QED) is 0.541. The molecule has 178 valence electrons. The van der Waals surface area contributed by atoms with E-state index in [4.69, 9.17) is 14.2 Å². The molecule has 0 aromatic heterocycles. The number of carbonyl (C=O) groups is 2. The summed E-state index contributed by atoms with van der Waals surface area (Å²) >= 11 is 0. The maximum atomic E-state index is 13.5. The molecule has 1 saturated carbocycles. The molecule has 4 aliphatic rings. The lowest BCUT2D eigenvalue weighted by Gasteiger charge is -2.63. The Morgan fingerprint density at radius 2 is 2.00 bits per heavy atom. The van der Waals surface area contributed by atoms with Crippen molar-refractivity contribution < 1.29 is 28.9 Å². The van der Waals surface area contributed by atoms with Gasteiger partial charge < -0.3 is 24.2 Å². The molecular weight excluding hydrogens is 424 g/mol. The van der Waals surface area contributed by atoms with Gasteiger partial charge in [-0.25, -0.2) is 4.79 Å². The largest absolute Gasteiger partial charge is 0.497 e. The molecule has 3 heterocycles. The zero-order chi connectivity index (χ0) is 23.8. The Labute approximate surface area is 194 Å². The van der Waals surface area contributed by atoms with Crippen LogP contribution in [0.1, 0.15) is 32.3 Å². The SMILES string of the molecule is CC[C@@]12C=CCN3CC[C@]4(c5ccc(OC)cc5N(C)[C@H]4[C@@](O)(C(=O)OC)[C@@H]1OC(C)=O)[C@@H]32. The molecule has 6 atom stereocenters. The first-order chi connectivity index (χ1) is 15.7. The van der Waals surface area contributed by atoms with Crippen LogP contribution in [0.4, 0.5) is 5.69 Å². The van der Waals surface area contributed by atoms with Gasteiger partial charge in [0.1, 0.15) is 5.75 Å². The first-order valence-corrected chi connectivity index (χ1v) is 11.5. The Kier molecular flexibility index (Phi) is 4.85. The second-order valence-corrected chi connectivity index (χ2v) is 9.76. The van der Waals surface area contributed by atoms with E-state index in [1.54, 1.807) is 7.11 Å². The number of nitrogens with zero attached hydrogens (tertiary/aromatic N) is 2. The Morgan fingerprint density at radius 1 is 1.24 bits per heavy atom. The van der Waals surface area contributed by atoms with Crippen LogP contribution in [-0.4, -0.2) is 80.1 Å². The molecule has 1 aliphatic carbocycles. The van der Waals surface area contributed by atoms with E-state index in [9.17, 15) is 14.7 Å². The summed E-state index contributed by atoms with van der Waals surface area (Å²) in [5.74, 6) is -0.617. The minimum atomic E-state index is -2.08. The van der Waals surface area contributed by atoms with E-state index in [2.05, 4.69) is 23.1 Å². The van der Waals surface area contributed by atoms with Gasteiger partial charge in [0.05, 0.1) is 20.3 Å². The highest BCUT2D eigenvalue weighted by Gasteiger charge is 2.80. The van der Waals surface area contributed by atoms with E-state index >= 15 is 0 Å². The number of ether oxygens (including phenoxy) is 3. The monoisotopic (exact) mass is 456 g/mol. The molecular formula is C25H32N2O6. The maximum Gasteiger partial charge on any atom is 0.344 e. The molecule has 0 bridgehead atoms. The molecule has 2 fully saturated rings. The number of rotatable bonds is 4. The zero-order valence-electron chi connectivity index (χ0n) is 19.8. The highest BCUT2D eigenvalue weighted by Crippen LogP contribution is 2.67. The van der Waals surface area contributed by atoms with Crippen molar-refractivity contribution in [3.05, 3.63) is 35.9 Å². The van der Waals surface area contributed by atoms with Crippen molar-refractivity contribution in [1.29, 1.82) is 0 Å². The van der Waals surface area contributed by atoms with Gasteiger partial charge in [0.25, 0.3) is 0 Å². The lowest BCUT2D eigenvalue weighted by Crippen LogP contribution is -2.81. The predicted molar refractivity (Wildman–Crippen MR) is 121 cm³/mol. The molecule has 0 amide bonds. The standard InChI is InChI=1S/C25H32N2O6/c1-6-23-10-7-12-27-13-11-24(19(23)27)17-9-8-16(31-4)14-18(17)26(3)20(24)25(30,22(29)32-5)21(23)33-15(2)28/h7-10,14,19-21,30H,6,11-13H2,1-5H3/t19-,20+,21+,23-,24-,25-/m0/s1. The van der Waals surface area contributed by atoms with Gasteiger partial charge in [0.2, 0.25) is 5.60 Å². The average Bonchev–Trinajstić information content (AvgIpc) is 3.32. The van der Waals surface area contributed by atoms with E-state index in [1.807, 2.05) is 31.0 Å². The number of carbonyl (C=O) groups excluding carboxylic acids is 2. The molecule has 8 heteroatoms. The lowest BCUT2D eigenvalue weighted by molar-refractivity contribution is -0.228. The first kappa shape index (κ1) is 22.2. The van der Waals surface area contributed by atoms with E-state index < -0.39 is 40.5 Å². The third-order valence-electron chi connectivity index (χ3n) is 8.62. The number of aliphatic hydroxyl groups is 1. The Morgan fingerprint density at radius 3 is 2.64 bits per heavy atom. The van der Waals surface area contributed by atoms with Gasteiger partial charge in [-0.2, -0.15) is 0 Å². The van der Waals surface area contributed by atoms with Gasteiger partial charge in [0.15, 0.2) is 6.10 Å². The molecule has 0 radical (unpaired) electrons. The lowest BCUT2D eigenvalue weighted by atomic mass is 9.47. The van der Waals surface area contributed by atoms with Gasteiger partial charge >= 0.3 is 11.9 Å². The number of hydrogen-bond donors (Lipinski definition) is 1. The number of benzene rings is 1. The normalized spacial score (nSPS) is 38.4. The maximum absolute atomic E-state index is 13.5. The van der Waals surface area contributed by atoms with Gasteiger partial charge in [-0.1, -0.05) is 25.1 Å². The van der Waals surface area contributed by atoms with Crippen LogP contribution in [0.5, 0.6) is 5.75 Å². The number of esters is 2. The third-order valence-corrected chi connectivity index (χ3v) is 8.62. The van der Waals surface area contributed by atoms with Gasteiger partial charge in [0, 0.05) is 49.1 Å². The second kappa shape index (κ2) is 7.21. The van der Waals surface area contributed by atoms with Crippen LogP contribution in [0.15, 0.2) is 30.4 Å². The summed E-state index contributed by atoms with van der Waals surface area (Å²) in [5, 5.41) is 12.5. The Hall–Kier alpha value is -2.58. The van der Waals surface area contributed by atoms with Crippen LogP contribution < -0.4 is 9.64 Å². The first-order valence-electron chi connectivity index (χ1n) is 11.5. The highest BCUT2D eigenvalue weighted by molar-refractivity contribution is 5.87. The Balaban J connectivity index is 1.86. The smallest absolute Gasteiger partial charge is 0.344 e. The molecule has 5 rings (SSSR count). The molecule has 1 aromatic carbocycles. The summed E-state index contributed by atoms with van der Waals surface area (Å²) < 4.78 is 16.6. The summed E-state index contributed by atoms with van der Waals surface area (Å²) in [6, 6.07) is 5.22. The van der Waals surface area contributed by atoms with E-state index in [0.717, 1.165) is 30.8 Å². The summed E-state index contributed by atoms with van der Waals surface area (Å²) in [6.45, 7) is 4.94. The van der Waals surface area contributed by atoms with E-state index in [0.29, 0.717) is 12.2 Å². The van der Waals surface area contributed by atoms with Crippen molar-refractivity contribution in [1.82, 2.24) is 4.90 Å². The van der Waals surface area contributed by atoms with Crippen molar-refractivity contribution in [2.24, 2.45) is 5.41 Å². The van der Waals surface area contributed by atoms with Crippen molar-refractivity contribution in [2.75, 3.05) is 39.3 Å². The molecule has 1 spiro atoms. The summed E-state index contributed by atoms with van der Waals surface area (Å²) in [6.07, 6.45) is 4.40. The minimum absolute atomic E-state index is 0.0589. The second-order valence-electron chi connectivity index (χ2n) is 9.76. The van der Waals surface area contributed by atoms with Crippen LogP contribution in [0.3, 0.4) is 0 Å². The van der Waals surface area contributed by atoms with Crippen molar-refractivity contribution >= 4 is 17.6 Å². The molecule has 0 unspecified atom stereocenters. The zero-order valence-corrected chi connectivity index (χ0v) is 19.8. The number of methoxy groups -OCH3 is 2. The van der Waals surface area contributed by atoms with Gasteiger partial charge in [-0.15, -0.1) is 0 Å². The van der Waals surface area contributed by atoms with Crippen molar-refractivity contribution in [3.8, 4) is 5.75 Å².